The lowest BCUT2D eigenvalue weighted by Crippen LogP contribution is -2.35. The van der Waals surface area contributed by atoms with Gasteiger partial charge in [-0.15, -0.1) is 0 Å². The highest BCUT2D eigenvalue weighted by molar-refractivity contribution is 6.06. The number of fused-ring (bicyclic) bond motifs is 1. The molecule has 0 radical (unpaired) electrons. The summed E-state index contributed by atoms with van der Waals surface area (Å²) in [4.78, 5) is 41.8. The summed E-state index contributed by atoms with van der Waals surface area (Å²) in [6, 6.07) is 15.5. The Kier molecular flexibility index (Phi) is 12.6. The van der Waals surface area contributed by atoms with E-state index in [1.165, 1.54) is 11.2 Å². The molecule has 0 aliphatic heterocycles. The van der Waals surface area contributed by atoms with E-state index in [4.69, 9.17) is 14.2 Å². The molecule has 48 heavy (non-hydrogen) atoms. The van der Waals surface area contributed by atoms with Gasteiger partial charge in [-0.25, -0.2) is 14.8 Å². The number of benzene rings is 2. The van der Waals surface area contributed by atoms with Crippen molar-refractivity contribution in [3.05, 3.63) is 66.0 Å². The SMILES string of the molecule is CCOC(=O)CCCOc1cc(N=Cc2c(O)[nH]c3ncnc(NCCCN(C)C(=O)OC(C)(C)C)c23)ccc1NCc1ccccc1. The van der Waals surface area contributed by atoms with Crippen molar-refractivity contribution in [1.82, 2.24) is 19.9 Å². The number of aromatic hydroxyl groups is 1. The summed E-state index contributed by atoms with van der Waals surface area (Å²) in [6.07, 6.45) is 3.97. The lowest BCUT2D eigenvalue weighted by atomic mass is 10.2. The number of rotatable bonds is 16. The number of esters is 1. The molecule has 0 spiro atoms. The van der Waals surface area contributed by atoms with E-state index in [0.29, 0.717) is 79.5 Å². The van der Waals surface area contributed by atoms with E-state index < -0.39 is 5.60 Å². The summed E-state index contributed by atoms with van der Waals surface area (Å²) in [7, 11) is 1.70. The number of anilines is 2. The van der Waals surface area contributed by atoms with Crippen molar-refractivity contribution in [2.75, 3.05) is 44.0 Å². The van der Waals surface area contributed by atoms with Crippen LogP contribution in [-0.2, 0) is 20.8 Å². The fourth-order valence-electron chi connectivity index (χ4n) is 4.67. The van der Waals surface area contributed by atoms with Crippen molar-refractivity contribution >= 4 is 46.5 Å². The Bertz CT molecular complexity index is 1680. The van der Waals surface area contributed by atoms with Crippen LogP contribution in [0, 0.1) is 0 Å². The third-order valence-corrected chi connectivity index (χ3v) is 7.00. The van der Waals surface area contributed by atoms with Gasteiger partial charge in [0.2, 0.25) is 0 Å². The zero-order valence-corrected chi connectivity index (χ0v) is 28.2. The largest absolute Gasteiger partial charge is 0.494 e. The normalized spacial score (nSPS) is 11.4. The molecular weight excluding hydrogens is 614 g/mol. The second kappa shape index (κ2) is 17.0. The molecule has 256 valence electrons. The van der Waals surface area contributed by atoms with E-state index in [1.54, 1.807) is 26.3 Å². The van der Waals surface area contributed by atoms with E-state index in [0.717, 1.165) is 11.3 Å². The Labute approximate surface area is 280 Å². The van der Waals surface area contributed by atoms with Crippen LogP contribution in [0.4, 0.5) is 22.0 Å². The number of carbonyl (C=O) groups is 2. The fourth-order valence-corrected chi connectivity index (χ4v) is 4.67. The molecule has 0 saturated heterocycles. The number of carbonyl (C=O) groups excluding carboxylic acids is 2. The zero-order chi connectivity index (χ0) is 34.5. The van der Waals surface area contributed by atoms with E-state index in [-0.39, 0.29) is 24.4 Å². The monoisotopic (exact) mass is 659 g/mol. The second-order valence-corrected chi connectivity index (χ2v) is 12.1. The molecule has 0 saturated carbocycles. The summed E-state index contributed by atoms with van der Waals surface area (Å²) in [5.41, 5.74) is 2.79. The Morgan fingerprint density at radius 1 is 1.08 bits per heavy atom. The molecule has 0 fully saturated rings. The fraction of sp³-hybridized carbons (Fsp3) is 0.400. The molecule has 2 aromatic carbocycles. The molecule has 13 nitrogen and oxygen atoms in total. The van der Waals surface area contributed by atoms with Gasteiger partial charge >= 0.3 is 12.1 Å². The average Bonchev–Trinajstić information content (AvgIpc) is 3.38. The van der Waals surface area contributed by atoms with Crippen molar-refractivity contribution in [2.24, 2.45) is 4.99 Å². The van der Waals surface area contributed by atoms with Gasteiger partial charge in [0.05, 0.1) is 35.5 Å². The maximum Gasteiger partial charge on any atom is 0.410 e. The highest BCUT2D eigenvalue weighted by Gasteiger charge is 2.20. The van der Waals surface area contributed by atoms with Gasteiger partial charge < -0.3 is 39.8 Å². The van der Waals surface area contributed by atoms with Gasteiger partial charge in [-0.2, -0.15) is 0 Å². The van der Waals surface area contributed by atoms with Crippen LogP contribution in [0.25, 0.3) is 11.0 Å². The highest BCUT2D eigenvalue weighted by atomic mass is 16.6. The molecule has 2 heterocycles. The molecule has 0 atom stereocenters. The third-order valence-electron chi connectivity index (χ3n) is 7.00. The van der Waals surface area contributed by atoms with Gasteiger partial charge in [0.25, 0.3) is 0 Å². The molecule has 13 heteroatoms. The van der Waals surface area contributed by atoms with Gasteiger partial charge in [0.1, 0.15) is 29.1 Å². The maximum atomic E-state index is 12.3. The van der Waals surface area contributed by atoms with Gasteiger partial charge in [0.15, 0.2) is 5.88 Å². The molecule has 0 aliphatic carbocycles. The Hall–Kier alpha value is -5.33. The van der Waals surface area contributed by atoms with Crippen LogP contribution < -0.4 is 15.4 Å². The molecule has 0 unspecified atom stereocenters. The predicted octanol–water partition coefficient (Wildman–Crippen LogP) is 6.42. The van der Waals surface area contributed by atoms with Crippen LogP contribution in [0.15, 0.2) is 59.9 Å². The van der Waals surface area contributed by atoms with Crippen molar-refractivity contribution < 1.29 is 28.9 Å². The van der Waals surface area contributed by atoms with E-state index in [1.807, 2.05) is 63.2 Å². The number of aliphatic imine (C=N–C) groups is 1. The summed E-state index contributed by atoms with van der Waals surface area (Å²) >= 11 is 0. The topological polar surface area (TPSA) is 163 Å². The number of nitrogens with one attached hydrogen (secondary N) is 3. The Balaban J connectivity index is 1.47. The minimum atomic E-state index is -0.564. The van der Waals surface area contributed by atoms with Crippen molar-refractivity contribution in [3.8, 4) is 11.6 Å². The summed E-state index contributed by atoms with van der Waals surface area (Å²) < 4.78 is 16.5. The molecule has 4 rings (SSSR count). The van der Waals surface area contributed by atoms with E-state index in [9.17, 15) is 14.7 Å². The lowest BCUT2D eigenvalue weighted by molar-refractivity contribution is -0.143. The lowest BCUT2D eigenvalue weighted by Gasteiger charge is -2.24. The highest BCUT2D eigenvalue weighted by Crippen LogP contribution is 2.33. The van der Waals surface area contributed by atoms with Crippen LogP contribution in [-0.4, -0.2) is 82.2 Å². The van der Waals surface area contributed by atoms with Crippen molar-refractivity contribution in [3.63, 3.8) is 0 Å². The minimum absolute atomic E-state index is 0.0986. The molecule has 4 N–H and O–H groups in total. The molecule has 0 aliphatic rings. The third kappa shape index (κ3) is 10.6. The smallest absolute Gasteiger partial charge is 0.410 e. The van der Waals surface area contributed by atoms with Crippen LogP contribution >= 0.6 is 0 Å². The van der Waals surface area contributed by atoms with Crippen LogP contribution in [0.2, 0.25) is 0 Å². The van der Waals surface area contributed by atoms with Crippen LogP contribution in [0.3, 0.4) is 0 Å². The Morgan fingerprint density at radius 3 is 2.62 bits per heavy atom. The molecule has 0 bridgehead atoms. The number of hydrogen-bond acceptors (Lipinski definition) is 11. The molecule has 4 aromatic rings. The number of amides is 1. The number of hydrogen-bond donors (Lipinski definition) is 4. The van der Waals surface area contributed by atoms with Crippen LogP contribution in [0.1, 0.15) is 58.1 Å². The maximum absolute atomic E-state index is 12.3. The molecular formula is C35H45N7O6. The van der Waals surface area contributed by atoms with Gasteiger partial charge in [-0.05, 0) is 58.2 Å². The standard InChI is InChI=1S/C35H45N7O6/c1-6-46-29(43)14-10-19-47-28-20-25(15-16-27(28)38-21-24-12-8-7-9-13-24)37-22-26-30-31(39-23-40-32(30)41-33(26)44)36-17-11-18-42(5)34(45)48-35(2,3)4/h7-9,12-13,15-16,20,22-23,38,44H,6,10-11,14,17-19,21H2,1-5H3,(H2,36,39,40,41). The summed E-state index contributed by atoms with van der Waals surface area (Å²) in [5.74, 6) is 0.739. The van der Waals surface area contributed by atoms with E-state index in [2.05, 4.69) is 30.6 Å². The summed E-state index contributed by atoms with van der Waals surface area (Å²) in [5, 5.41) is 18.0. The number of H-pyrrole nitrogens is 1. The molecule has 1 amide bonds. The zero-order valence-electron chi connectivity index (χ0n) is 28.2. The van der Waals surface area contributed by atoms with Crippen molar-refractivity contribution in [1.29, 1.82) is 0 Å². The first-order valence-corrected chi connectivity index (χ1v) is 16.0. The predicted molar refractivity (Wildman–Crippen MR) is 186 cm³/mol. The van der Waals surface area contributed by atoms with Gasteiger partial charge in [-0.1, -0.05) is 30.3 Å². The van der Waals surface area contributed by atoms with Crippen LogP contribution in [0.5, 0.6) is 11.6 Å². The first-order valence-electron chi connectivity index (χ1n) is 16.0. The first kappa shape index (κ1) is 35.5. The quantitative estimate of drug-likeness (QED) is 0.0600. The number of nitrogens with zero attached hydrogens (tertiary/aromatic N) is 4. The van der Waals surface area contributed by atoms with Crippen molar-refractivity contribution in [2.45, 2.75) is 59.1 Å². The number of aromatic nitrogens is 3. The first-order chi connectivity index (χ1) is 23.0. The number of aromatic amines is 1. The molecule has 2 aromatic heterocycles. The minimum Gasteiger partial charge on any atom is -0.494 e. The number of ether oxygens (including phenoxy) is 3. The summed E-state index contributed by atoms with van der Waals surface area (Å²) in [6.45, 7) is 9.51. The van der Waals surface area contributed by atoms with E-state index >= 15 is 0 Å². The second-order valence-electron chi connectivity index (χ2n) is 12.1. The van der Waals surface area contributed by atoms with Gasteiger partial charge in [0, 0.05) is 45.4 Å². The Morgan fingerprint density at radius 2 is 1.88 bits per heavy atom. The van der Waals surface area contributed by atoms with Gasteiger partial charge in [-0.3, -0.25) is 9.79 Å². The average molecular weight is 660 g/mol.